The highest BCUT2D eigenvalue weighted by molar-refractivity contribution is 5.91. The highest BCUT2D eigenvalue weighted by atomic mass is 16.5. The molecule has 39 heavy (non-hydrogen) atoms. The minimum atomic E-state index is -0.160. The largest absolute Gasteiger partial charge is 0.497 e. The molecule has 0 radical (unpaired) electrons. The topological polar surface area (TPSA) is 70.8 Å². The lowest BCUT2D eigenvalue weighted by Crippen LogP contribution is -2.15. The molecule has 0 saturated heterocycles. The molecule has 3 heterocycles. The second-order valence-electron chi connectivity index (χ2n) is 9.76. The third-order valence-electron chi connectivity index (χ3n) is 7.50. The Morgan fingerprint density at radius 2 is 1.77 bits per heavy atom. The summed E-state index contributed by atoms with van der Waals surface area (Å²) in [6.45, 7) is 4.37. The van der Waals surface area contributed by atoms with Crippen LogP contribution < -0.4 is 14.2 Å². The molecule has 6 aromatic rings. The normalized spacial score (nSPS) is 14.1. The van der Waals surface area contributed by atoms with Crippen LogP contribution in [0, 0.1) is 13.8 Å². The summed E-state index contributed by atoms with van der Waals surface area (Å²) < 4.78 is 19.8. The molecule has 0 N–H and O–H groups in total. The van der Waals surface area contributed by atoms with Gasteiger partial charge in [-0.15, -0.1) is 5.10 Å². The molecule has 7 heteroatoms. The van der Waals surface area contributed by atoms with E-state index in [1.165, 1.54) is 5.56 Å². The first-order chi connectivity index (χ1) is 19.1. The Balaban J connectivity index is 1.37. The zero-order chi connectivity index (χ0) is 26.5. The van der Waals surface area contributed by atoms with E-state index in [4.69, 9.17) is 29.3 Å². The summed E-state index contributed by atoms with van der Waals surface area (Å²) in [5.41, 5.74) is 5.99. The molecule has 0 amide bonds. The van der Waals surface area contributed by atoms with Gasteiger partial charge in [0.15, 0.2) is 11.5 Å². The zero-order valence-electron chi connectivity index (χ0n) is 21.9. The van der Waals surface area contributed by atoms with Crippen LogP contribution in [-0.2, 0) is 6.61 Å². The van der Waals surface area contributed by atoms with Crippen LogP contribution in [0.3, 0.4) is 0 Å². The van der Waals surface area contributed by atoms with Crippen LogP contribution in [0.5, 0.6) is 23.1 Å². The van der Waals surface area contributed by atoms with Crippen molar-refractivity contribution < 1.29 is 14.2 Å². The number of fused-ring (bicyclic) bond motifs is 6. The number of hydrogen-bond acceptors (Lipinski definition) is 6. The Bertz CT molecular complexity index is 1860. The summed E-state index contributed by atoms with van der Waals surface area (Å²) in [6.07, 6.45) is 1.66. The van der Waals surface area contributed by atoms with E-state index in [1.54, 1.807) is 18.0 Å². The molecule has 0 bridgehead atoms. The summed E-state index contributed by atoms with van der Waals surface area (Å²) >= 11 is 0. The van der Waals surface area contributed by atoms with Gasteiger partial charge in [-0.2, -0.15) is 0 Å². The maximum absolute atomic E-state index is 6.51. The van der Waals surface area contributed by atoms with Crippen molar-refractivity contribution in [3.8, 4) is 23.1 Å². The van der Waals surface area contributed by atoms with Crippen molar-refractivity contribution in [2.24, 2.45) is 0 Å². The average molecular weight is 515 g/mol. The van der Waals surface area contributed by atoms with E-state index in [1.807, 2.05) is 36.4 Å². The highest BCUT2D eigenvalue weighted by Crippen LogP contribution is 2.50. The van der Waals surface area contributed by atoms with Crippen molar-refractivity contribution in [2.75, 3.05) is 7.11 Å². The van der Waals surface area contributed by atoms with Crippen molar-refractivity contribution in [3.63, 3.8) is 0 Å². The molecule has 2 aromatic heterocycles. The van der Waals surface area contributed by atoms with E-state index in [9.17, 15) is 0 Å². The van der Waals surface area contributed by atoms with Crippen molar-refractivity contribution in [1.82, 2.24) is 19.6 Å². The van der Waals surface area contributed by atoms with E-state index in [-0.39, 0.29) is 12.5 Å². The van der Waals surface area contributed by atoms with E-state index in [0.29, 0.717) is 17.4 Å². The number of methoxy groups -OCH3 is 1. The molecule has 7 rings (SSSR count). The molecule has 1 aliphatic heterocycles. The number of benzene rings is 4. The molecule has 0 saturated carbocycles. The minimum Gasteiger partial charge on any atom is -0.497 e. The van der Waals surface area contributed by atoms with Gasteiger partial charge in [0.2, 0.25) is 5.88 Å². The Morgan fingerprint density at radius 3 is 2.62 bits per heavy atom. The Kier molecular flexibility index (Phi) is 5.44. The highest BCUT2D eigenvalue weighted by Gasteiger charge is 2.34. The molecular formula is C32H26N4O3. The summed E-state index contributed by atoms with van der Waals surface area (Å²) in [7, 11) is 1.67. The minimum absolute atomic E-state index is 0.160. The van der Waals surface area contributed by atoms with E-state index in [0.717, 1.165) is 50.3 Å². The van der Waals surface area contributed by atoms with Crippen LogP contribution in [-0.4, -0.2) is 26.7 Å². The number of aryl methyl sites for hydroxylation is 1. The van der Waals surface area contributed by atoms with E-state index in [2.05, 4.69) is 56.3 Å². The Morgan fingerprint density at radius 1 is 0.923 bits per heavy atom. The Labute approximate surface area is 225 Å². The quantitative estimate of drug-likeness (QED) is 0.253. The number of hydrogen-bond donors (Lipinski definition) is 0. The molecule has 192 valence electrons. The monoisotopic (exact) mass is 514 g/mol. The van der Waals surface area contributed by atoms with Crippen molar-refractivity contribution >= 4 is 16.4 Å². The molecule has 7 nitrogen and oxygen atoms in total. The van der Waals surface area contributed by atoms with E-state index < -0.39 is 0 Å². The SMILES string of the molecule is COc1ccc([C@H]2c3ccc4ccccc4c3Oc3ncn4nc(COc5cccc(C)c5C)nc4c32)cc1. The predicted molar refractivity (Wildman–Crippen MR) is 149 cm³/mol. The van der Waals surface area contributed by atoms with Gasteiger partial charge >= 0.3 is 0 Å². The number of rotatable bonds is 5. The fraction of sp³-hybridized carbons (Fsp3) is 0.156. The van der Waals surface area contributed by atoms with Gasteiger partial charge in [-0.25, -0.2) is 14.5 Å². The fourth-order valence-electron chi connectivity index (χ4n) is 5.32. The number of nitrogens with zero attached hydrogens (tertiary/aromatic N) is 4. The van der Waals surface area contributed by atoms with Crippen molar-refractivity contribution in [1.29, 1.82) is 0 Å². The van der Waals surface area contributed by atoms with E-state index >= 15 is 0 Å². The second kappa shape index (κ2) is 9.13. The molecule has 1 atom stereocenters. The van der Waals surface area contributed by atoms with Gasteiger partial charge in [-0.05, 0) is 54.1 Å². The summed E-state index contributed by atoms with van der Waals surface area (Å²) in [5.74, 6) is 3.39. The molecule has 0 unspecified atom stereocenters. The number of aromatic nitrogens is 4. The average Bonchev–Trinajstić information content (AvgIpc) is 3.40. The first kappa shape index (κ1) is 23.2. The van der Waals surface area contributed by atoms with Crippen molar-refractivity contribution in [3.05, 3.63) is 119 Å². The molecule has 0 spiro atoms. The Hall–Kier alpha value is -4.91. The summed E-state index contributed by atoms with van der Waals surface area (Å²) in [6, 6.07) is 26.7. The van der Waals surface area contributed by atoms with Crippen molar-refractivity contribution in [2.45, 2.75) is 26.4 Å². The van der Waals surface area contributed by atoms with Gasteiger partial charge in [0.05, 0.1) is 12.7 Å². The van der Waals surface area contributed by atoms with Crippen LogP contribution in [0.1, 0.15) is 39.6 Å². The molecule has 4 aromatic carbocycles. The van der Waals surface area contributed by atoms with Gasteiger partial charge in [0.25, 0.3) is 0 Å². The maximum atomic E-state index is 6.51. The smallest absolute Gasteiger partial charge is 0.228 e. The fourth-order valence-corrected chi connectivity index (χ4v) is 5.32. The molecule has 0 aliphatic carbocycles. The van der Waals surface area contributed by atoms with Crippen LogP contribution in [0.15, 0.2) is 85.2 Å². The predicted octanol–water partition coefficient (Wildman–Crippen LogP) is 6.77. The summed E-state index contributed by atoms with van der Waals surface area (Å²) in [4.78, 5) is 9.61. The lowest BCUT2D eigenvalue weighted by Gasteiger charge is -2.28. The zero-order valence-corrected chi connectivity index (χ0v) is 21.9. The molecular weight excluding hydrogens is 488 g/mol. The van der Waals surface area contributed by atoms with Crippen LogP contribution in [0.2, 0.25) is 0 Å². The van der Waals surface area contributed by atoms with Crippen LogP contribution >= 0.6 is 0 Å². The van der Waals surface area contributed by atoms with Gasteiger partial charge in [0.1, 0.15) is 30.2 Å². The first-order valence-corrected chi connectivity index (χ1v) is 12.9. The lowest BCUT2D eigenvalue weighted by molar-refractivity contribution is 0.294. The van der Waals surface area contributed by atoms with Crippen LogP contribution in [0.25, 0.3) is 16.4 Å². The van der Waals surface area contributed by atoms with Gasteiger partial charge in [-0.3, -0.25) is 0 Å². The number of ether oxygens (including phenoxy) is 3. The summed E-state index contributed by atoms with van der Waals surface area (Å²) in [5, 5.41) is 6.85. The third-order valence-corrected chi connectivity index (χ3v) is 7.50. The van der Waals surface area contributed by atoms with Gasteiger partial charge < -0.3 is 14.2 Å². The molecule has 1 aliphatic rings. The van der Waals surface area contributed by atoms with Crippen LogP contribution in [0.4, 0.5) is 0 Å². The van der Waals surface area contributed by atoms with Gasteiger partial charge in [-0.1, -0.05) is 60.7 Å². The lowest BCUT2D eigenvalue weighted by atomic mass is 9.83. The third kappa shape index (κ3) is 3.85. The standard InChI is InChI=1S/C32H26N4O3/c1-19-7-6-10-26(20(19)2)38-17-27-34-31-29-28(22-11-14-23(37-3)15-12-22)25-16-13-21-8-4-5-9-24(21)30(25)39-32(29)33-18-36(31)35-27/h4-16,18,28H,17H2,1-3H3/t28-/m0/s1. The van der Waals surface area contributed by atoms with Gasteiger partial charge in [0, 0.05) is 16.9 Å². The second-order valence-corrected chi connectivity index (χ2v) is 9.76. The maximum Gasteiger partial charge on any atom is 0.228 e. The first-order valence-electron chi connectivity index (χ1n) is 12.9. The molecule has 0 fully saturated rings.